The molecule has 1 N–H and O–H groups in total. The van der Waals surface area contributed by atoms with Crippen LogP contribution in [0.5, 0.6) is 5.75 Å². The summed E-state index contributed by atoms with van der Waals surface area (Å²) in [6.07, 6.45) is 1.61. The Labute approximate surface area is 139 Å². The van der Waals surface area contributed by atoms with E-state index in [9.17, 15) is 14.9 Å². The van der Waals surface area contributed by atoms with Crippen molar-refractivity contribution in [1.82, 2.24) is 5.43 Å². The fourth-order valence-corrected chi connectivity index (χ4v) is 1.97. The molecule has 2 aromatic carbocycles. The Hall–Kier alpha value is -3.22. The van der Waals surface area contributed by atoms with Crippen LogP contribution < -0.4 is 10.2 Å². The van der Waals surface area contributed by atoms with Crippen LogP contribution in [-0.4, -0.2) is 23.7 Å². The Kier molecular flexibility index (Phi) is 6.01. The van der Waals surface area contributed by atoms with Gasteiger partial charge in [-0.25, -0.2) is 5.43 Å². The molecule has 0 aliphatic carbocycles. The second-order valence-electron chi connectivity index (χ2n) is 5.03. The second kappa shape index (κ2) is 8.42. The minimum absolute atomic E-state index is 0.0410. The predicted octanol–water partition coefficient (Wildman–Crippen LogP) is 2.88. The average Bonchev–Trinajstić information content (AvgIpc) is 2.60. The Morgan fingerprint density at radius 3 is 2.62 bits per heavy atom. The Morgan fingerprint density at radius 2 is 1.92 bits per heavy atom. The number of carbonyl (C=O) groups excluding carboxylic acids is 1. The first-order valence-electron chi connectivity index (χ1n) is 7.31. The summed E-state index contributed by atoms with van der Waals surface area (Å²) in [5.74, 6) is -0.411. The van der Waals surface area contributed by atoms with Gasteiger partial charge in [0.1, 0.15) is 0 Å². The van der Waals surface area contributed by atoms with E-state index >= 15 is 0 Å². The number of ether oxygens (including phenoxy) is 1. The molecule has 0 saturated heterocycles. The van der Waals surface area contributed by atoms with Gasteiger partial charge in [-0.05, 0) is 11.6 Å². The molecule has 0 unspecified atom stereocenters. The van der Waals surface area contributed by atoms with E-state index in [1.165, 1.54) is 18.2 Å². The first-order chi connectivity index (χ1) is 11.6. The van der Waals surface area contributed by atoms with Gasteiger partial charge in [0.15, 0.2) is 12.4 Å². The van der Waals surface area contributed by atoms with E-state index in [-0.39, 0.29) is 24.0 Å². The molecule has 0 fully saturated rings. The average molecular weight is 327 g/mol. The van der Waals surface area contributed by atoms with Crippen molar-refractivity contribution in [2.45, 2.75) is 12.8 Å². The van der Waals surface area contributed by atoms with Crippen LogP contribution in [0.15, 0.2) is 59.7 Å². The van der Waals surface area contributed by atoms with Crippen molar-refractivity contribution in [1.29, 1.82) is 0 Å². The molecule has 0 saturated carbocycles. The molecule has 1 atom stereocenters. The van der Waals surface area contributed by atoms with Gasteiger partial charge < -0.3 is 4.74 Å². The fourth-order valence-electron chi connectivity index (χ4n) is 1.97. The number of nitro groups is 1. The van der Waals surface area contributed by atoms with E-state index in [2.05, 4.69) is 10.5 Å². The standard InChI is InChI=1S/C17H17N3O4/c1-13(14-7-3-2-4-8-14)11-18-19-17(21)12-24-16-10-6-5-9-15(16)20(22)23/h2-11,13H,12H2,1H3,(H,19,21)/b18-11-/t13-/m1/s1. The van der Waals surface area contributed by atoms with Crippen molar-refractivity contribution in [3.63, 3.8) is 0 Å². The third kappa shape index (κ3) is 4.91. The smallest absolute Gasteiger partial charge is 0.310 e. The summed E-state index contributed by atoms with van der Waals surface area (Å²) in [4.78, 5) is 22.0. The Morgan fingerprint density at radius 1 is 1.25 bits per heavy atom. The van der Waals surface area contributed by atoms with Crippen molar-refractivity contribution in [3.05, 3.63) is 70.3 Å². The number of benzene rings is 2. The zero-order chi connectivity index (χ0) is 17.4. The molecule has 2 aromatic rings. The van der Waals surface area contributed by atoms with E-state index in [0.29, 0.717) is 0 Å². The summed E-state index contributed by atoms with van der Waals surface area (Å²) >= 11 is 0. The second-order valence-corrected chi connectivity index (χ2v) is 5.03. The number of hydrazone groups is 1. The molecule has 0 aliphatic heterocycles. The number of hydrogen-bond acceptors (Lipinski definition) is 5. The first-order valence-corrected chi connectivity index (χ1v) is 7.31. The lowest BCUT2D eigenvalue weighted by Crippen LogP contribution is -2.25. The summed E-state index contributed by atoms with van der Waals surface area (Å²) in [6, 6.07) is 15.6. The molecule has 7 nitrogen and oxygen atoms in total. The monoisotopic (exact) mass is 327 g/mol. The first kappa shape index (κ1) is 17.1. The number of nitrogens with zero attached hydrogens (tertiary/aromatic N) is 2. The minimum atomic E-state index is -0.563. The summed E-state index contributed by atoms with van der Waals surface area (Å²) in [7, 11) is 0. The van der Waals surface area contributed by atoms with Crippen molar-refractivity contribution in [2.75, 3.05) is 6.61 Å². The van der Waals surface area contributed by atoms with Crippen LogP contribution in [-0.2, 0) is 4.79 Å². The predicted molar refractivity (Wildman–Crippen MR) is 90.1 cm³/mol. The van der Waals surface area contributed by atoms with Gasteiger partial charge in [-0.15, -0.1) is 0 Å². The van der Waals surface area contributed by atoms with Crippen LogP contribution in [0.2, 0.25) is 0 Å². The van der Waals surface area contributed by atoms with Crippen molar-refractivity contribution < 1.29 is 14.5 Å². The maximum atomic E-state index is 11.7. The Bertz CT molecular complexity index is 732. The van der Waals surface area contributed by atoms with Gasteiger partial charge in [-0.3, -0.25) is 14.9 Å². The van der Waals surface area contributed by atoms with Crippen molar-refractivity contribution in [3.8, 4) is 5.75 Å². The third-order valence-corrected chi connectivity index (χ3v) is 3.23. The van der Waals surface area contributed by atoms with Crippen molar-refractivity contribution >= 4 is 17.8 Å². The third-order valence-electron chi connectivity index (χ3n) is 3.23. The van der Waals surface area contributed by atoms with E-state index in [1.807, 2.05) is 37.3 Å². The zero-order valence-electron chi connectivity index (χ0n) is 13.1. The summed E-state index contributed by atoms with van der Waals surface area (Å²) < 4.78 is 5.17. The molecule has 0 aromatic heterocycles. The summed E-state index contributed by atoms with van der Waals surface area (Å²) in [6.45, 7) is 1.59. The zero-order valence-corrected chi connectivity index (χ0v) is 13.1. The Balaban J connectivity index is 1.84. The van der Waals surface area contributed by atoms with Gasteiger partial charge in [0.05, 0.1) is 4.92 Å². The number of rotatable bonds is 7. The van der Waals surface area contributed by atoms with E-state index in [4.69, 9.17) is 4.74 Å². The normalized spacial score (nSPS) is 11.9. The molecular formula is C17H17N3O4. The molecule has 0 bridgehead atoms. The summed E-state index contributed by atoms with van der Waals surface area (Å²) in [5.41, 5.74) is 3.23. The highest BCUT2D eigenvalue weighted by molar-refractivity contribution is 5.79. The maximum absolute atomic E-state index is 11.7. The molecule has 2 rings (SSSR count). The van der Waals surface area contributed by atoms with Crippen LogP contribution in [0, 0.1) is 10.1 Å². The molecule has 0 aliphatic rings. The topological polar surface area (TPSA) is 93.8 Å². The number of nitrogens with one attached hydrogen (secondary N) is 1. The summed E-state index contributed by atoms with van der Waals surface area (Å²) in [5, 5.41) is 14.7. The van der Waals surface area contributed by atoms with Crippen LogP contribution >= 0.6 is 0 Å². The van der Waals surface area contributed by atoms with E-state index < -0.39 is 10.8 Å². The SMILES string of the molecule is C[C@H](/C=N\NC(=O)COc1ccccc1[N+](=O)[O-])c1ccccc1. The van der Waals surface area contributed by atoms with Gasteiger partial charge in [-0.1, -0.05) is 49.4 Å². The molecule has 24 heavy (non-hydrogen) atoms. The molecule has 1 amide bonds. The molecule has 0 radical (unpaired) electrons. The van der Waals surface area contributed by atoms with Crippen LogP contribution in [0.25, 0.3) is 0 Å². The van der Waals surface area contributed by atoms with Gasteiger partial charge in [-0.2, -0.15) is 5.10 Å². The van der Waals surface area contributed by atoms with E-state index in [0.717, 1.165) is 5.56 Å². The van der Waals surface area contributed by atoms with Gasteiger partial charge in [0, 0.05) is 18.2 Å². The molecule has 124 valence electrons. The number of carbonyl (C=O) groups is 1. The lowest BCUT2D eigenvalue weighted by molar-refractivity contribution is -0.385. The van der Waals surface area contributed by atoms with Crippen LogP contribution in [0.4, 0.5) is 5.69 Å². The number of amides is 1. The van der Waals surface area contributed by atoms with E-state index in [1.54, 1.807) is 12.3 Å². The van der Waals surface area contributed by atoms with Gasteiger partial charge in [0.2, 0.25) is 0 Å². The highest BCUT2D eigenvalue weighted by atomic mass is 16.6. The highest BCUT2D eigenvalue weighted by Crippen LogP contribution is 2.25. The lowest BCUT2D eigenvalue weighted by Gasteiger charge is -2.07. The maximum Gasteiger partial charge on any atom is 0.310 e. The number of nitro benzene ring substituents is 1. The molecule has 7 heteroatoms. The number of para-hydroxylation sites is 2. The van der Waals surface area contributed by atoms with Gasteiger partial charge in [0.25, 0.3) is 5.91 Å². The van der Waals surface area contributed by atoms with Crippen LogP contribution in [0.1, 0.15) is 18.4 Å². The largest absolute Gasteiger partial charge is 0.477 e. The minimum Gasteiger partial charge on any atom is -0.477 e. The molecule has 0 heterocycles. The lowest BCUT2D eigenvalue weighted by atomic mass is 10.0. The van der Waals surface area contributed by atoms with Crippen LogP contribution in [0.3, 0.4) is 0 Å². The molecule has 0 spiro atoms. The van der Waals surface area contributed by atoms with Crippen molar-refractivity contribution in [2.24, 2.45) is 5.10 Å². The number of hydrogen-bond donors (Lipinski definition) is 1. The van der Waals surface area contributed by atoms with Gasteiger partial charge >= 0.3 is 5.69 Å². The quantitative estimate of drug-likeness (QED) is 0.480. The highest BCUT2D eigenvalue weighted by Gasteiger charge is 2.14. The molecular weight excluding hydrogens is 310 g/mol. The fraction of sp³-hybridized carbons (Fsp3) is 0.176.